The van der Waals surface area contributed by atoms with Gasteiger partial charge in [-0.05, 0) is 19.4 Å². The Morgan fingerprint density at radius 3 is 2.53 bits per heavy atom. The number of carbonyl (C=O) groups excluding carboxylic acids is 1. The molecule has 15 heavy (non-hydrogen) atoms. The van der Waals surface area contributed by atoms with Crippen molar-refractivity contribution < 1.29 is 9.53 Å². The standard InChI is InChI=1S/C12H15NO2/c1-9-3-5-11(6-4-9)8-15-12(14)7-10(2)13/h3-7H,8,13H2,1-2H3. The minimum absolute atomic E-state index is 0.281. The van der Waals surface area contributed by atoms with Crippen molar-refractivity contribution in [2.24, 2.45) is 5.73 Å². The average molecular weight is 205 g/mol. The van der Waals surface area contributed by atoms with E-state index in [9.17, 15) is 4.79 Å². The highest BCUT2D eigenvalue weighted by Crippen LogP contribution is 2.04. The summed E-state index contributed by atoms with van der Waals surface area (Å²) in [5.74, 6) is -0.407. The molecule has 0 aliphatic carbocycles. The van der Waals surface area contributed by atoms with Crippen LogP contribution >= 0.6 is 0 Å². The highest BCUT2D eigenvalue weighted by molar-refractivity contribution is 5.82. The van der Waals surface area contributed by atoms with Gasteiger partial charge in [-0.25, -0.2) is 4.79 Å². The second-order valence-electron chi connectivity index (χ2n) is 3.48. The predicted octanol–water partition coefficient (Wildman–Crippen LogP) is 1.90. The smallest absolute Gasteiger partial charge is 0.332 e. The maximum absolute atomic E-state index is 11.1. The normalized spacial score (nSPS) is 11.2. The number of nitrogens with two attached hydrogens (primary N) is 1. The molecule has 0 bridgehead atoms. The zero-order valence-electron chi connectivity index (χ0n) is 8.99. The number of aryl methyl sites for hydroxylation is 1. The minimum atomic E-state index is -0.407. The molecule has 3 nitrogen and oxygen atoms in total. The van der Waals surface area contributed by atoms with Crippen molar-refractivity contribution in [1.29, 1.82) is 0 Å². The molecule has 0 aliphatic heterocycles. The van der Waals surface area contributed by atoms with Crippen molar-refractivity contribution >= 4 is 5.97 Å². The van der Waals surface area contributed by atoms with Gasteiger partial charge in [0.05, 0.1) is 0 Å². The number of hydrogen-bond acceptors (Lipinski definition) is 3. The van der Waals surface area contributed by atoms with Crippen LogP contribution in [0.5, 0.6) is 0 Å². The first-order chi connectivity index (χ1) is 7.08. The second-order valence-corrected chi connectivity index (χ2v) is 3.48. The lowest BCUT2D eigenvalue weighted by Gasteiger charge is -2.02. The van der Waals surface area contributed by atoms with Gasteiger partial charge >= 0.3 is 5.97 Å². The molecule has 0 saturated carbocycles. The molecule has 0 saturated heterocycles. The van der Waals surface area contributed by atoms with Gasteiger partial charge in [-0.1, -0.05) is 29.8 Å². The van der Waals surface area contributed by atoms with Crippen molar-refractivity contribution in [3.8, 4) is 0 Å². The van der Waals surface area contributed by atoms with Crippen molar-refractivity contribution in [3.05, 3.63) is 47.2 Å². The van der Waals surface area contributed by atoms with Crippen LogP contribution in [0.15, 0.2) is 36.0 Å². The number of esters is 1. The second kappa shape index (κ2) is 5.20. The lowest BCUT2D eigenvalue weighted by Crippen LogP contribution is -2.04. The topological polar surface area (TPSA) is 52.3 Å². The molecule has 0 heterocycles. The third-order valence-electron chi connectivity index (χ3n) is 1.85. The van der Waals surface area contributed by atoms with Gasteiger partial charge in [0.15, 0.2) is 0 Å². The van der Waals surface area contributed by atoms with Crippen LogP contribution in [-0.4, -0.2) is 5.97 Å². The molecule has 2 N–H and O–H groups in total. The Morgan fingerprint density at radius 1 is 1.40 bits per heavy atom. The maximum atomic E-state index is 11.1. The summed E-state index contributed by atoms with van der Waals surface area (Å²) >= 11 is 0. The van der Waals surface area contributed by atoms with Crippen LogP contribution in [0.2, 0.25) is 0 Å². The van der Waals surface area contributed by atoms with E-state index in [1.54, 1.807) is 6.92 Å². The minimum Gasteiger partial charge on any atom is -0.458 e. The van der Waals surface area contributed by atoms with Gasteiger partial charge in [-0.15, -0.1) is 0 Å². The summed E-state index contributed by atoms with van der Waals surface area (Å²) in [7, 11) is 0. The van der Waals surface area contributed by atoms with Gasteiger partial charge in [0.2, 0.25) is 0 Å². The molecular weight excluding hydrogens is 190 g/mol. The average Bonchev–Trinajstić information content (AvgIpc) is 2.16. The Morgan fingerprint density at radius 2 is 2.00 bits per heavy atom. The zero-order valence-corrected chi connectivity index (χ0v) is 8.99. The molecule has 0 unspecified atom stereocenters. The zero-order chi connectivity index (χ0) is 11.3. The van der Waals surface area contributed by atoms with Gasteiger partial charge in [-0.2, -0.15) is 0 Å². The third-order valence-corrected chi connectivity index (χ3v) is 1.85. The fraction of sp³-hybridized carbons (Fsp3) is 0.250. The van der Waals surface area contributed by atoms with Crippen LogP contribution in [0.4, 0.5) is 0 Å². The molecule has 0 radical (unpaired) electrons. The molecule has 1 rings (SSSR count). The highest BCUT2D eigenvalue weighted by Gasteiger charge is 1.99. The van der Waals surface area contributed by atoms with Gasteiger partial charge < -0.3 is 10.5 Å². The predicted molar refractivity (Wildman–Crippen MR) is 58.9 cm³/mol. The Bertz CT molecular complexity index is 362. The molecule has 0 atom stereocenters. The Kier molecular flexibility index (Phi) is 3.92. The van der Waals surface area contributed by atoms with E-state index in [1.807, 2.05) is 31.2 Å². The summed E-state index contributed by atoms with van der Waals surface area (Å²) in [6.07, 6.45) is 1.27. The van der Waals surface area contributed by atoms with Gasteiger partial charge in [0.25, 0.3) is 0 Å². The number of ether oxygens (including phenoxy) is 1. The Balaban J connectivity index is 2.47. The summed E-state index contributed by atoms with van der Waals surface area (Å²) in [6.45, 7) is 3.94. The molecule has 0 aliphatic rings. The van der Waals surface area contributed by atoms with Crippen LogP contribution in [0.3, 0.4) is 0 Å². The molecule has 1 aromatic rings. The van der Waals surface area contributed by atoms with E-state index in [2.05, 4.69) is 0 Å². The largest absolute Gasteiger partial charge is 0.458 e. The summed E-state index contributed by atoms with van der Waals surface area (Å²) in [6, 6.07) is 7.82. The van der Waals surface area contributed by atoms with Crippen molar-refractivity contribution in [2.75, 3.05) is 0 Å². The molecule has 3 heteroatoms. The van der Waals surface area contributed by atoms with Crippen molar-refractivity contribution in [3.63, 3.8) is 0 Å². The summed E-state index contributed by atoms with van der Waals surface area (Å²) in [5, 5.41) is 0. The molecule has 0 spiro atoms. The van der Waals surface area contributed by atoms with E-state index in [4.69, 9.17) is 10.5 Å². The van der Waals surface area contributed by atoms with Crippen LogP contribution < -0.4 is 5.73 Å². The van der Waals surface area contributed by atoms with E-state index in [-0.39, 0.29) is 6.61 Å². The van der Waals surface area contributed by atoms with Crippen molar-refractivity contribution in [1.82, 2.24) is 0 Å². The van der Waals surface area contributed by atoms with E-state index in [0.717, 1.165) is 5.56 Å². The number of rotatable bonds is 3. The fourth-order valence-corrected chi connectivity index (χ4v) is 1.07. The molecule has 0 amide bonds. The van der Waals surface area contributed by atoms with Crippen LogP contribution in [0, 0.1) is 6.92 Å². The van der Waals surface area contributed by atoms with Crippen LogP contribution in [0.1, 0.15) is 18.1 Å². The van der Waals surface area contributed by atoms with Crippen molar-refractivity contribution in [2.45, 2.75) is 20.5 Å². The lowest BCUT2D eigenvalue weighted by molar-refractivity contribution is -0.139. The highest BCUT2D eigenvalue weighted by atomic mass is 16.5. The summed E-state index contributed by atoms with van der Waals surface area (Å²) in [5.41, 5.74) is 7.94. The first kappa shape index (κ1) is 11.3. The maximum Gasteiger partial charge on any atom is 0.332 e. The molecule has 0 fully saturated rings. The Hall–Kier alpha value is -1.77. The SMILES string of the molecule is CC(N)=CC(=O)OCc1ccc(C)cc1. The number of benzene rings is 1. The number of carbonyl (C=O) groups is 1. The number of hydrogen-bond donors (Lipinski definition) is 1. The van der Waals surface area contributed by atoms with Crippen LogP contribution in [-0.2, 0) is 16.1 Å². The Labute approximate surface area is 89.5 Å². The van der Waals surface area contributed by atoms with Gasteiger partial charge in [0, 0.05) is 11.8 Å². The molecule has 1 aromatic carbocycles. The van der Waals surface area contributed by atoms with E-state index in [1.165, 1.54) is 11.6 Å². The summed E-state index contributed by atoms with van der Waals surface area (Å²) in [4.78, 5) is 11.1. The molecule has 80 valence electrons. The van der Waals surface area contributed by atoms with E-state index < -0.39 is 5.97 Å². The van der Waals surface area contributed by atoms with E-state index >= 15 is 0 Å². The first-order valence-corrected chi connectivity index (χ1v) is 4.74. The third kappa shape index (κ3) is 4.31. The van der Waals surface area contributed by atoms with Gasteiger partial charge in [0.1, 0.15) is 6.61 Å². The number of allylic oxidation sites excluding steroid dienone is 1. The quantitative estimate of drug-likeness (QED) is 0.605. The van der Waals surface area contributed by atoms with Crippen LogP contribution in [0.25, 0.3) is 0 Å². The molecule has 0 aromatic heterocycles. The molecular formula is C12H15NO2. The fourth-order valence-electron chi connectivity index (χ4n) is 1.07. The summed E-state index contributed by atoms with van der Waals surface area (Å²) < 4.78 is 4.98. The van der Waals surface area contributed by atoms with Gasteiger partial charge in [-0.3, -0.25) is 0 Å². The first-order valence-electron chi connectivity index (χ1n) is 4.74. The monoisotopic (exact) mass is 205 g/mol. The lowest BCUT2D eigenvalue weighted by atomic mass is 10.2. The van der Waals surface area contributed by atoms with E-state index in [0.29, 0.717) is 5.70 Å².